The van der Waals surface area contributed by atoms with Crippen LogP contribution >= 0.6 is 0 Å². The van der Waals surface area contributed by atoms with Crippen molar-refractivity contribution in [2.45, 2.75) is 17.7 Å². The van der Waals surface area contributed by atoms with Gasteiger partial charge in [-0.1, -0.05) is 0 Å². The predicted molar refractivity (Wildman–Crippen MR) is 75.5 cm³/mol. The second-order valence-corrected chi connectivity index (χ2v) is 5.82. The van der Waals surface area contributed by atoms with Crippen LogP contribution in [0.15, 0.2) is 23.1 Å². The molecule has 0 unspecified atom stereocenters. The lowest BCUT2D eigenvalue weighted by Gasteiger charge is -2.10. The highest BCUT2D eigenvalue weighted by Crippen LogP contribution is 2.22. The Morgan fingerprint density at radius 3 is 2.52 bits per heavy atom. The van der Waals surface area contributed by atoms with E-state index in [-0.39, 0.29) is 17.9 Å². The number of benzene rings is 1. The summed E-state index contributed by atoms with van der Waals surface area (Å²) in [5.41, 5.74) is 0.403. The number of carbonyl (C=O) groups is 1. The molecule has 0 radical (unpaired) electrons. The maximum Gasteiger partial charge on any atom is 0.310 e. The van der Waals surface area contributed by atoms with Crippen LogP contribution in [0, 0.1) is 0 Å². The molecule has 2 N–H and O–H groups in total. The van der Waals surface area contributed by atoms with E-state index in [1.165, 1.54) is 25.3 Å². The van der Waals surface area contributed by atoms with Crippen LogP contribution < -0.4 is 9.88 Å². The van der Waals surface area contributed by atoms with E-state index in [0.717, 1.165) is 0 Å². The van der Waals surface area contributed by atoms with Gasteiger partial charge in [-0.2, -0.15) is 0 Å². The van der Waals surface area contributed by atoms with Crippen molar-refractivity contribution in [3.05, 3.63) is 23.8 Å². The Hall–Kier alpha value is -1.64. The lowest BCUT2D eigenvalue weighted by molar-refractivity contribution is -0.143. The van der Waals surface area contributed by atoms with E-state index >= 15 is 0 Å². The molecule has 0 fully saturated rings. The molecule has 0 atom stereocenters. The number of primary sulfonamides is 1. The van der Waals surface area contributed by atoms with Crippen LogP contribution in [0.5, 0.6) is 5.75 Å². The highest BCUT2D eigenvalue weighted by atomic mass is 32.2. The minimum absolute atomic E-state index is 0.0783. The summed E-state index contributed by atoms with van der Waals surface area (Å²) >= 11 is 0. The van der Waals surface area contributed by atoms with Gasteiger partial charge in [-0.15, -0.1) is 0 Å². The van der Waals surface area contributed by atoms with Gasteiger partial charge in [-0.3, -0.25) is 4.79 Å². The highest BCUT2D eigenvalue weighted by molar-refractivity contribution is 7.89. The average Bonchev–Trinajstić information content (AvgIpc) is 2.42. The standard InChI is InChI=1S/C13H19NO6S/c1-18-6-3-7-20-13(15)9-10-8-11(21(14,16)17)4-5-12(10)19-2/h4-5,8H,3,6-7,9H2,1-2H3,(H2,14,16,17). The smallest absolute Gasteiger partial charge is 0.310 e. The van der Waals surface area contributed by atoms with E-state index in [0.29, 0.717) is 24.3 Å². The molecular weight excluding hydrogens is 298 g/mol. The molecule has 1 aromatic rings. The number of hydrogen-bond acceptors (Lipinski definition) is 6. The van der Waals surface area contributed by atoms with Crippen molar-refractivity contribution in [1.82, 2.24) is 0 Å². The Morgan fingerprint density at radius 2 is 1.95 bits per heavy atom. The van der Waals surface area contributed by atoms with Crippen molar-refractivity contribution in [3.8, 4) is 5.75 Å². The van der Waals surface area contributed by atoms with Gasteiger partial charge in [0.05, 0.1) is 25.0 Å². The first-order valence-electron chi connectivity index (χ1n) is 6.22. The molecular formula is C13H19NO6S. The summed E-state index contributed by atoms with van der Waals surface area (Å²) in [6.45, 7) is 0.737. The maximum atomic E-state index is 11.7. The largest absolute Gasteiger partial charge is 0.496 e. The Kier molecular flexibility index (Phi) is 6.60. The normalized spacial score (nSPS) is 11.2. The van der Waals surface area contributed by atoms with Crippen molar-refractivity contribution in [3.63, 3.8) is 0 Å². The first-order chi connectivity index (χ1) is 9.88. The molecule has 0 aliphatic carbocycles. The number of carbonyl (C=O) groups excluding carboxylic acids is 1. The van der Waals surface area contributed by atoms with Crippen molar-refractivity contribution in [1.29, 1.82) is 0 Å². The van der Waals surface area contributed by atoms with Gasteiger partial charge >= 0.3 is 5.97 Å². The van der Waals surface area contributed by atoms with Crippen molar-refractivity contribution >= 4 is 16.0 Å². The van der Waals surface area contributed by atoms with E-state index in [9.17, 15) is 13.2 Å². The fraction of sp³-hybridized carbons (Fsp3) is 0.462. The summed E-state index contributed by atoms with van der Waals surface area (Å²) in [4.78, 5) is 11.6. The van der Waals surface area contributed by atoms with Gasteiger partial charge in [-0.05, 0) is 18.2 Å². The SMILES string of the molecule is COCCCOC(=O)Cc1cc(S(N)(=O)=O)ccc1OC. The van der Waals surface area contributed by atoms with Gasteiger partial charge in [0.15, 0.2) is 0 Å². The van der Waals surface area contributed by atoms with Crippen LogP contribution in [-0.2, 0) is 30.7 Å². The van der Waals surface area contributed by atoms with E-state index < -0.39 is 16.0 Å². The highest BCUT2D eigenvalue weighted by Gasteiger charge is 2.15. The van der Waals surface area contributed by atoms with Gasteiger partial charge < -0.3 is 14.2 Å². The third-order valence-electron chi connectivity index (χ3n) is 2.67. The minimum Gasteiger partial charge on any atom is -0.496 e. The molecule has 0 aliphatic heterocycles. The van der Waals surface area contributed by atoms with E-state index in [2.05, 4.69) is 0 Å². The molecule has 0 amide bonds. The zero-order valence-electron chi connectivity index (χ0n) is 12.0. The third kappa shape index (κ3) is 5.70. The van der Waals surface area contributed by atoms with Crippen LogP contribution in [0.4, 0.5) is 0 Å². The van der Waals surface area contributed by atoms with E-state index in [4.69, 9.17) is 19.3 Å². The lowest BCUT2D eigenvalue weighted by atomic mass is 10.1. The number of methoxy groups -OCH3 is 2. The number of esters is 1. The van der Waals surface area contributed by atoms with Gasteiger partial charge in [-0.25, -0.2) is 13.6 Å². The topological polar surface area (TPSA) is 105 Å². The number of sulfonamides is 1. The van der Waals surface area contributed by atoms with Crippen LogP contribution in [0.2, 0.25) is 0 Å². The van der Waals surface area contributed by atoms with Crippen molar-refractivity contribution in [2.24, 2.45) is 5.14 Å². The molecule has 0 saturated heterocycles. The Balaban J connectivity index is 2.78. The number of ether oxygens (including phenoxy) is 3. The Labute approximate surface area is 124 Å². The van der Waals surface area contributed by atoms with Gasteiger partial charge in [0.25, 0.3) is 0 Å². The fourth-order valence-electron chi connectivity index (χ4n) is 1.67. The second-order valence-electron chi connectivity index (χ2n) is 4.26. The van der Waals surface area contributed by atoms with Crippen molar-refractivity contribution < 1.29 is 27.4 Å². The molecule has 0 bridgehead atoms. The van der Waals surface area contributed by atoms with Crippen LogP contribution in [0.25, 0.3) is 0 Å². The zero-order chi connectivity index (χ0) is 15.9. The van der Waals surface area contributed by atoms with E-state index in [1.54, 1.807) is 7.11 Å². The third-order valence-corrected chi connectivity index (χ3v) is 3.58. The molecule has 0 spiro atoms. The summed E-state index contributed by atoms with van der Waals surface area (Å²) < 4.78 is 37.6. The molecule has 118 valence electrons. The zero-order valence-corrected chi connectivity index (χ0v) is 12.8. The molecule has 0 heterocycles. The van der Waals surface area contributed by atoms with Crippen molar-refractivity contribution in [2.75, 3.05) is 27.4 Å². The summed E-state index contributed by atoms with van der Waals surface area (Å²) in [7, 11) is -0.844. The first kappa shape index (κ1) is 17.4. The Morgan fingerprint density at radius 1 is 1.24 bits per heavy atom. The Bertz CT molecular complexity index is 584. The second kappa shape index (κ2) is 7.96. The van der Waals surface area contributed by atoms with Gasteiger partial charge in [0.2, 0.25) is 10.0 Å². The fourth-order valence-corrected chi connectivity index (χ4v) is 2.23. The first-order valence-corrected chi connectivity index (χ1v) is 7.77. The summed E-state index contributed by atoms with van der Waals surface area (Å²) in [6.07, 6.45) is 0.496. The quantitative estimate of drug-likeness (QED) is 0.552. The summed E-state index contributed by atoms with van der Waals surface area (Å²) in [5.74, 6) is -0.0767. The van der Waals surface area contributed by atoms with Crippen LogP contribution in [0.1, 0.15) is 12.0 Å². The predicted octanol–water partition coefficient (Wildman–Crippen LogP) is 0.465. The van der Waals surface area contributed by atoms with Gasteiger partial charge in [0, 0.05) is 25.7 Å². The van der Waals surface area contributed by atoms with Crippen LogP contribution in [0.3, 0.4) is 0 Å². The molecule has 0 saturated carbocycles. The molecule has 7 nitrogen and oxygen atoms in total. The lowest BCUT2D eigenvalue weighted by Crippen LogP contribution is -2.14. The molecule has 1 aromatic carbocycles. The number of rotatable bonds is 8. The summed E-state index contributed by atoms with van der Waals surface area (Å²) in [5, 5.41) is 5.06. The summed E-state index contributed by atoms with van der Waals surface area (Å²) in [6, 6.07) is 4.08. The molecule has 0 aliphatic rings. The van der Waals surface area contributed by atoms with E-state index in [1.807, 2.05) is 0 Å². The van der Waals surface area contributed by atoms with Gasteiger partial charge in [0.1, 0.15) is 5.75 Å². The maximum absolute atomic E-state index is 11.7. The molecule has 8 heteroatoms. The molecule has 0 aromatic heterocycles. The van der Waals surface area contributed by atoms with Crippen LogP contribution in [-0.4, -0.2) is 41.8 Å². The number of nitrogens with two attached hydrogens (primary N) is 1. The molecule has 1 rings (SSSR count). The molecule has 21 heavy (non-hydrogen) atoms. The average molecular weight is 317 g/mol. The minimum atomic E-state index is -3.83. The number of hydrogen-bond donors (Lipinski definition) is 1. The monoisotopic (exact) mass is 317 g/mol.